The zero-order valence-corrected chi connectivity index (χ0v) is 25.2. The number of thiazole rings is 1. The van der Waals surface area contributed by atoms with Crippen LogP contribution in [-0.2, 0) is 16.1 Å². The summed E-state index contributed by atoms with van der Waals surface area (Å²) in [6.07, 6.45) is 1.70. The number of carbonyl (C=O) groups is 1. The Morgan fingerprint density at radius 1 is 1.00 bits per heavy atom. The van der Waals surface area contributed by atoms with Crippen molar-refractivity contribution in [2.24, 2.45) is 4.99 Å². The molecule has 210 valence electrons. The fourth-order valence-corrected chi connectivity index (χ4v) is 6.21. The molecule has 0 fully saturated rings. The molecule has 41 heavy (non-hydrogen) atoms. The van der Waals surface area contributed by atoms with Crippen LogP contribution in [0.1, 0.15) is 29.7 Å². The van der Waals surface area contributed by atoms with Gasteiger partial charge in [-0.15, -0.1) is 0 Å². The van der Waals surface area contributed by atoms with Gasteiger partial charge in [0.25, 0.3) is 5.56 Å². The number of halogens is 3. The lowest BCUT2D eigenvalue weighted by atomic mass is 9.95. The number of fused-ring (bicyclic) bond motifs is 1. The van der Waals surface area contributed by atoms with Crippen LogP contribution in [0, 0.1) is 0 Å². The highest BCUT2D eigenvalue weighted by Gasteiger charge is 2.35. The van der Waals surface area contributed by atoms with E-state index in [1.165, 1.54) is 30.1 Å². The molecule has 0 bridgehead atoms. The highest BCUT2D eigenvalue weighted by atomic mass is 35.5. The van der Waals surface area contributed by atoms with Gasteiger partial charge in [0, 0.05) is 26.2 Å². The predicted octanol–water partition coefficient (Wildman–Crippen LogP) is 5.96. The van der Waals surface area contributed by atoms with Gasteiger partial charge in [0.2, 0.25) is 0 Å². The summed E-state index contributed by atoms with van der Waals surface area (Å²) in [6, 6.07) is 16.7. The summed E-state index contributed by atoms with van der Waals surface area (Å²) >= 11 is 20.0. The van der Waals surface area contributed by atoms with E-state index in [-0.39, 0.29) is 17.7 Å². The van der Waals surface area contributed by atoms with Crippen molar-refractivity contribution in [2.75, 3.05) is 14.2 Å². The first-order valence-electron chi connectivity index (χ1n) is 12.3. The Bertz CT molecular complexity index is 1880. The summed E-state index contributed by atoms with van der Waals surface area (Å²) in [6.45, 7) is 1.96. The number of ether oxygens (including phenoxy) is 3. The first-order valence-corrected chi connectivity index (χ1v) is 14.3. The van der Waals surface area contributed by atoms with Gasteiger partial charge in [0.1, 0.15) is 24.1 Å². The minimum Gasteiger partial charge on any atom is -0.496 e. The van der Waals surface area contributed by atoms with E-state index < -0.39 is 12.0 Å². The molecule has 0 aliphatic carbocycles. The first-order chi connectivity index (χ1) is 19.7. The smallest absolute Gasteiger partial charge is 0.338 e. The molecule has 1 aromatic heterocycles. The fourth-order valence-electron chi connectivity index (χ4n) is 4.60. The van der Waals surface area contributed by atoms with E-state index in [1.807, 2.05) is 18.2 Å². The van der Waals surface area contributed by atoms with E-state index in [0.717, 1.165) is 5.56 Å². The van der Waals surface area contributed by atoms with Crippen LogP contribution < -0.4 is 24.4 Å². The quantitative estimate of drug-likeness (QED) is 0.236. The van der Waals surface area contributed by atoms with Crippen molar-refractivity contribution in [1.82, 2.24) is 4.57 Å². The average Bonchev–Trinajstić information content (AvgIpc) is 3.25. The Labute approximate surface area is 254 Å². The largest absolute Gasteiger partial charge is 0.496 e. The van der Waals surface area contributed by atoms with Crippen LogP contribution in [0.5, 0.6) is 11.5 Å². The molecule has 0 spiro atoms. The van der Waals surface area contributed by atoms with Crippen LogP contribution in [0.15, 0.2) is 81.7 Å². The van der Waals surface area contributed by atoms with Crippen molar-refractivity contribution in [1.29, 1.82) is 0 Å². The third kappa shape index (κ3) is 5.92. The lowest BCUT2D eigenvalue weighted by Crippen LogP contribution is -2.40. The molecule has 0 N–H and O–H groups in total. The van der Waals surface area contributed by atoms with Crippen molar-refractivity contribution >= 4 is 58.2 Å². The van der Waals surface area contributed by atoms with Crippen molar-refractivity contribution in [3.8, 4) is 11.5 Å². The molecule has 7 nitrogen and oxygen atoms in total. The molecule has 4 aromatic rings. The van der Waals surface area contributed by atoms with Gasteiger partial charge >= 0.3 is 5.97 Å². The van der Waals surface area contributed by atoms with E-state index in [4.69, 9.17) is 49.0 Å². The third-order valence-electron chi connectivity index (χ3n) is 6.46. The SMILES string of the molecule is COC(=O)C1=C(C)N=c2s/c(=C\c3cc(Cl)ccc3OCc3cccc(Cl)c3)c(=O)n2[C@H]1c1cc(Cl)ccc1OC. The summed E-state index contributed by atoms with van der Waals surface area (Å²) in [7, 11) is 2.79. The molecule has 0 saturated carbocycles. The minimum atomic E-state index is -0.882. The highest BCUT2D eigenvalue weighted by Crippen LogP contribution is 2.37. The molecular weight excluding hydrogens is 607 g/mol. The van der Waals surface area contributed by atoms with E-state index in [0.29, 0.717) is 52.7 Å². The van der Waals surface area contributed by atoms with Gasteiger partial charge in [-0.1, -0.05) is 58.3 Å². The molecule has 1 aliphatic rings. The average molecular weight is 630 g/mol. The van der Waals surface area contributed by atoms with Gasteiger partial charge in [-0.3, -0.25) is 9.36 Å². The predicted molar refractivity (Wildman–Crippen MR) is 161 cm³/mol. The van der Waals surface area contributed by atoms with Crippen LogP contribution in [0.25, 0.3) is 6.08 Å². The summed E-state index contributed by atoms with van der Waals surface area (Å²) in [4.78, 5) is 32.0. The Kier molecular flexibility index (Phi) is 8.56. The van der Waals surface area contributed by atoms with Crippen LogP contribution in [0.3, 0.4) is 0 Å². The van der Waals surface area contributed by atoms with Crippen molar-refractivity contribution in [2.45, 2.75) is 19.6 Å². The normalized spacial score (nSPS) is 14.9. The molecule has 0 amide bonds. The highest BCUT2D eigenvalue weighted by molar-refractivity contribution is 7.07. The number of aromatic nitrogens is 1. The number of rotatable bonds is 7. The summed E-state index contributed by atoms with van der Waals surface area (Å²) in [5, 5.41) is 1.50. The lowest BCUT2D eigenvalue weighted by Gasteiger charge is -2.25. The van der Waals surface area contributed by atoms with Gasteiger partial charge in [-0.25, -0.2) is 9.79 Å². The standard InChI is InChI=1S/C30H23Cl3N2O5S/c1-16-26(29(37)39-3)27(22-14-21(33)8-10-24(22)38-2)35-28(36)25(41-30(35)34-16)13-18-12-20(32)7-9-23(18)40-15-17-5-4-6-19(31)11-17/h4-14,27H,15H2,1-3H3/b25-13-/t27-/m0/s1. The van der Waals surface area contributed by atoms with Crippen molar-refractivity contribution < 1.29 is 19.0 Å². The molecule has 0 unspecified atom stereocenters. The number of carbonyl (C=O) groups excluding carboxylic acids is 1. The minimum absolute atomic E-state index is 0.209. The number of hydrogen-bond donors (Lipinski definition) is 0. The lowest BCUT2D eigenvalue weighted by molar-refractivity contribution is -0.136. The zero-order chi connectivity index (χ0) is 29.3. The van der Waals surface area contributed by atoms with Crippen LogP contribution >= 0.6 is 46.1 Å². The van der Waals surface area contributed by atoms with E-state index in [9.17, 15) is 9.59 Å². The van der Waals surface area contributed by atoms with Gasteiger partial charge in [0.15, 0.2) is 4.80 Å². The Morgan fingerprint density at radius 3 is 2.41 bits per heavy atom. The molecule has 1 atom stereocenters. The third-order valence-corrected chi connectivity index (χ3v) is 8.14. The Balaban J connectivity index is 1.66. The monoisotopic (exact) mass is 628 g/mol. The second-order valence-electron chi connectivity index (χ2n) is 9.06. The van der Waals surface area contributed by atoms with Gasteiger partial charge < -0.3 is 14.2 Å². The summed E-state index contributed by atoms with van der Waals surface area (Å²) in [5.41, 5.74) is 2.28. The number of methoxy groups -OCH3 is 2. The second kappa shape index (κ2) is 12.1. The van der Waals surface area contributed by atoms with Crippen molar-refractivity contribution in [3.63, 3.8) is 0 Å². The van der Waals surface area contributed by atoms with E-state index in [2.05, 4.69) is 4.99 Å². The number of hydrogen-bond acceptors (Lipinski definition) is 7. The topological polar surface area (TPSA) is 79.1 Å². The molecule has 2 heterocycles. The fraction of sp³-hybridized carbons (Fsp3) is 0.167. The van der Waals surface area contributed by atoms with Crippen molar-refractivity contribution in [3.05, 3.63) is 123 Å². The summed E-state index contributed by atoms with van der Waals surface area (Å²) in [5.74, 6) is 0.371. The molecule has 0 saturated heterocycles. The van der Waals surface area contributed by atoms with Gasteiger partial charge in [-0.05, 0) is 67.1 Å². The zero-order valence-electron chi connectivity index (χ0n) is 22.1. The molecule has 3 aromatic carbocycles. The maximum atomic E-state index is 14.0. The Morgan fingerprint density at radius 2 is 1.71 bits per heavy atom. The number of benzene rings is 3. The number of esters is 1. The second-order valence-corrected chi connectivity index (χ2v) is 11.4. The van der Waals surface area contributed by atoms with Crippen LogP contribution in [0.4, 0.5) is 0 Å². The molecule has 0 radical (unpaired) electrons. The van der Waals surface area contributed by atoms with Crippen LogP contribution in [0.2, 0.25) is 15.1 Å². The molecule has 1 aliphatic heterocycles. The molecule has 5 rings (SSSR count). The molecule has 11 heteroatoms. The maximum Gasteiger partial charge on any atom is 0.338 e. The number of nitrogens with zero attached hydrogens (tertiary/aromatic N) is 2. The maximum absolute atomic E-state index is 14.0. The molecular formula is C30H23Cl3N2O5S. The van der Waals surface area contributed by atoms with Gasteiger partial charge in [0.05, 0.1) is 30.0 Å². The van der Waals surface area contributed by atoms with E-state index >= 15 is 0 Å². The van der Waals surface area contributed by atoms with E-state index in [1.54, 1.807) is 55.5 Å². The first kappa shape index (κ1) is 29.0. The van der Waals surface area contributed by atoms with Gasteiger partial charge in [-0.2, -0.15) is 0 Å². The Hall–Kier alpha value is -3.56. The summed E-state index contributed by atoms with van der Waals surface area (Å²) < 4.78 is 18.6. The van der Waals surface area contributed by atoms with Crippen LogP contribution in [-0.4, -0.2) is 24.8 Å². The number of allylic oxidation sites excluding steroid dienone is 1.